The van der Waals surface area contributed by atoms with Crippen molar-refractivity contribution in [2.75, 3.05) is 31.6 Å². The molecule has 45 heavy (non-hydrogen) atoms. The molecule has 6 heterocycles. The number of aromatic nitrogens is 7. The van der Waals surface area contributed by atoms with Crippen molar-refractivity contribution in [2.45, 2.75) is 25.8 Å². The quantitative estimate of drug-likeness (QED) is 0.240. The van der Waals surface area contributed by atoms with Crippen molar-refractivity contribution in [3.05, 3.63) is 89.8 Å². The van der Waals surface area contributed by atoms with E-state index in [-0.39, 0.29) is 24.4 Å². The molecule has 0 spiro atoms. The number of rotatable bonds is 8. The lowest BCUT2D eigenvalue weighted by molar-refractivity contribution is 0.102. The van der Waals surface area contributed by atoms with Crippen LogP contribution in [0.5, 0.6) is 0 Å². The van der Waals surface area contributed by atoms with Crippen molar-refractivity contribution in [3.63, 3.8) is 0 Å². The number of nitrogens with one attached hydrogen (secondary N) is 1. The number of hydrogen-bond donors (Lipinski definition) is 2. The summed E-state index contributed by atoms with van der Waals surface area (Å²) in [5.74, 6) is -0.248. The maximum atomic E-state index is 13.8. The Bertz CT molecular complexity index is 1960. The third-order valence-corrected chi connectivity index (χ3v) is 9.20. The van der Waals surface area contributed by atoms with Crippen LogP contribution in [0.15, 0.2) is 73.4 Å². The van der Waals surface area contributed by atoms with Crippen LogP contribution in [0.4, 0.5) is 10.2 Å². The van der Waals surface area contributed by atoms with Gasteiger partial charge >= 0.3 is 0 Å². The number of amides is 1. The van der Waals surface area contributed by atoms with Gasteiger partial charge in [0.15, 0.2) is 11.5 Å². The zero-order chi connectivity index (χ0) is 30.9. The minimum absolute atomic E-state index is 0.142. The van der Waals surface area contributed by atoms with Crippen LogP contribution in [0.3, 0.4) is 0 Å². The summed E-state index contributed by atoms with van der Waals surface area (Å²) in [5.41, 5.74) is 5.04. The minimum Gasteiger partial charge on any atom is -0.395 e. The Morgan fingerprint density at radius 1 is 1.09 bits per heavy atom. The first kappa shape index (κ1) is 28.9. The van der Waals surface area contributed by atoms with Crippen LogP contribution in [-0.2, 0) is 0 Å². The fourth-order valence-electron chi connectivity index (χ4n) is 5.73. The summed E-state index contributed by atoms with van der Waals surface area (Å²) in [6.07, 6.45) is 8.73. The molecular formula is C32H30FN9O2S. The van der Waals surface area contributed by atoms with E-state index in [0.717, 1.165) is 47.8 Å². The van der Waals surface area contributed by atoms with Gasteiger partial charge in [-0.2, -0.15) is 5.10 Å². The number of nitrogens with zero attached hydrogens (tertiary/aromatic N) is 8. The number of hydrogen-bond acceptors (Lipinski definition) is 9. The third-order valence-electron chi connectivity index (χ3n) is 7.99. The fraction of sp³-hybridized carbons (Fsp3) is 0.250. The first-order valence-corrected chi connectivity index (χ1v) is 15.5. The molecule has 2 N–H and O–H groups in total. The maximum absolute atomic E-state index is 13.8. The molecule has 11 nitrogen and oxygen atoms in total. The van der Waals surface area contributed by atoms with Gasteiger partial charge in [0, 0.05) is 49.2 Å². The zero-order valence-corrected chi connectivity index (χ0v) is 25.3. The molecule has 0 saturated carbocycles. The van der Waals surface area contributed by atoms with E-state index in [1.165, 1.54) is 23.5 Å². The number of likely N-dealkylation sites (tertiary alicyclic amines) is 1. The van der Waals surface area contributed by atoms with E-state index in [0.29, 0.717) is 40.0 Å². The third kappa shape index (κ3) is 5.84. The Balaban J connectivity index is 1.19. The summed E-state index contributed by atoms with van der Waals surface area (Å²) >= 11 is 1.30. The zero-order valence-electron chi connectivity index (χ0n) is 24.5. The molecule has 0 unspecified atom stereocenters. The van der Waals surface area contributed by atoms with Crippen LogP contribution < -0.4 is 5.32 Å². The summed E-state index contributed by atoms with van der Waals surface area (Å²) < 4.78 is 17.6. The number of thiazole rings is 1. The Labute approximate surface area is 262 Å². The van der Waals surface area contributed by atoms with E-state index in [4.69, 9.17) is 10.1 Å². The molecular weight excluding hydrogens is 593 g/mol. The van der Waals surface area contributed by atoms with Crippen LogP contribution in [-0.4, -0.2) is 76.3 Å². The van der Waals surface area contributed by atoms with Gasteiger partial charge in [-0.25, -0.2) is 23.9 Å². The lowest BCUT2D eigenvalue weighted by atomic mass is 10.0. The van der Waals surface area contributed by atoms with Crippen molar-refractivity contribution in [1.29, 1.82) is 0 Å². The van der Waals surface area contributed by atoms with Crippen LogP contribution >= 0.6 is 11.3 Å². The van der Waals surface area contributed by atoms with E-state index in [9.17, 15) is 14.3 Å². The molecule has 6 aromatic rings. The van der Waals surface area contributed by atoms with Crippen LogP contribution in [0.25, 0.3) is 38.9 Å². The number of piperidine rings is 1. The van der Waals surface area contributed by atoms with Crippen molar-refractivity contribution in [3.8, 4) is 33.2 Å². The minimum atomic E-state index is -0.314. The second-order valence-corrected chi connectivity index (χ2v) is 11.9. The molecule has 1 aliphatic rings. The molecule has 0 atom stereocenters. The highest BCUT2D eigenvalue weighted by molar-refractivity contribution is 7.17. The molecule has 1 saturated heterocycles. The first-order valence-electron chi connectivity index (χ1n) is 14.7. The Kier molecular flexibility index (Phi) is 7.88. The van der Waals surface area contributed by atoms with Gasteiger partial charge in [-0.1, -0.05) is 0 Å². The number of aliphatic hydroxyl groups is 1. The number of benzene rings is 1. The molecule has 0 bridgehead atoms. The van der Waals surface area contributed by atoms with Crippen LogP contribution in [0.2, 0.25) is 0 Å². The number of carbonyl (C=O) groups excluding carboxylic acids is 1. The SMILES string of the molecule is Cc1nc(-c2cccnc2)sc1C(=O)Nc1cn2nc(-c3c(-c4ccc(F)cc4)ncn3C3CCN(CCO)CC3)ccc2n1. The molecule has 1 aromatic carbocycles. The van der Waals surface area contributed by atoms with Gasteiger partial charge < -0.3 is 19.9 Å². The average molecular weight is 624 g/mol. The lowest BCUT2D eigenvalue weighted by Crippen LogP contribution is -2.36. The molecule has 1 fully saturated rings. The monoisotopic (exact) mass is 623 g/mol. The van der Waals surface area contributed by atoms with Crippen LogP contribution in [0, 0.1) is 12.7 Å². The number of β-amino-alcohol motifs (C(OH)–C–C–N with tert-alkyl or cyclic N) is 1. The molecule has 5 aromatic heterocycles. The van der Waals surface area contributed by atoms with Gasteiger partial charge in [0.25, 0.3) is 5.91 Å². The van der Waals surface area contributed by atoms with E-state index in [1.54, 1.807) is 42.2 Å². The summed E-state index contributed by atoms with van der Waals surface area (Å²) in [6.45, 7) is 4.35. The molecule has 0 radical (unpaired) electrons. The van der Waals surface area contributed by atoms with Crippen molar-refractivity contribution < 1.29 is 14.3 Å². The maximum Gasteiger partial charge on any atom is 0.268 e. The second-order valence-electron chi connectivity index (χ2n) is 10.9. The summed E-state index contributed by atoms with van der Waals surface area (Å²) in [5, 5.41) is 17.9. The average Bonchev–Trinajstić information content (AvgIpc) is 3.78. The standard InChI is InChI=1S/C32H30FN9O2S/c1-20-30(45-32(36-20)22-3-2-12-34-17-22)31(44)38-26-18-42-27(37-26)9-8-25(39-42)29-28(21-4-6-23(33)7-5-21)35-19-41(29)24-10-13-40(14-11-24)15-16-43/h2-9,12,17-19,24,43H,10-11,13-16H2,1H3,(H,38,44). The normalized spacial score (nSPS) is 14.3. The predicted octanol–water partition coefficient (Wildman–Crippen LogP) is 5.11. The van der Waals surface area contributed by atoms with E-state index < -0.39 is 0 Å². The van der Waals surface area contributed by atoms with Gasteiger partial charge in [-0.3, -0.25) is 9.78 Å². The number of fused-ring (bicyclic) bond motifs is 1. The highest BCUT2D eigenvalue weighted by atomic mass is 32.1. The van der Waals surface area contributed by atoms with Crippen molar-refractivity contribution >= 4 is 28.7 Å². The van der Waals surface area contributed by atoms with Crippen LogP contribution in [0.1, 0.15) is 34.2 Å². The first-order chi connectivity index (χ1) is 22.0. The topological polar surface area (TPSA) is 126 Å². The Hall–Kier alpha value is -4.85. The molecule has 13 heteroatoms. The summed E-state index contributed by atoms with van der Waals surface area (Å²) in [6, 6.07) is 14.0. The highest BCUT2D eigenvalue weighted by Gasteiger charge is 2.26. The van der Waals surface area contributed by atoms with Gasteiger partial charge in [0.2, 0.25) is 0 Å². The number of pyridine rings is 1. The van der Waals surface area contributed by atoms with Gasteiger partial charge in [0.05, 0.1) is 36.2 Å². The molecule has 1 aliphatic heterocycles. The number of halogens is 1. The fourth-order valence-corrected chi connectivity index (χ4v) is 6.69. The van der Waals surface area contributed by atoms with Crippen molar-refractivity contribution in [2.24, 2.45) is 0 Å². The van der Waals surface area contributed by atoms with Gasteiger partial charge in [-0.15, -0.1) is 11.3 Å². The predicted molar refractivity (Wildman–Crippen MR) is 169 cm³/mol. The number of aliphatic hydroxyl groups excluding tert-OH is 1. The van der Waals surface area contributed by atoms with E-state index >= 15 is 0 Å². The largest absolute Gasteiger partial charge is 0.395 e. The number of imidazole rings is 2. The second kappa shape index (κ2) is 12.3. The van der Waals surface area contributed by atoms with Gasteiger partial charge in [-0.05, 0) is 68.3 Å². The molecule has 0 aliphatic carbocycles. The number of anilines is 1. The summed E-state index contributed by atoms with van der Waals surface area (Å²) in [7, 11) is 0. The molecule has 228 valence electrons. The smallest absolute Gasteiger partial charge is 0.268 e. The Morgan fingerprint density at radius 2 is 1.91 bits per heavy atom. The van der Waals surface area contributed by atoms with E-state index in [1.807, 2.05) is 30.6 Å². The lowest BCUT2D eigenvalue weighted by Gasteiger charge is -2.32. The van der Waals surface area contributed by atoms with Gasteiger partial charge in [0.1, 0.15) is 21.4 Å². The number of aryl methyl sites for hydroxylation is 1. The Morgan fingerprint density at radius 3 is 2.67 bits per heavy atom. The molecule has 1 amide bonds. The number of carbonyl (C=O) groups is 1. The summed E-state index contributed by atoms with van der Waals surface area (Å²) in [4.78, 5) is 34.0. The highest BCUT2D eigenvalue weighted by Crippen LogP contribution is 2.35. The van der Waals surface area contributed by atoms with Crippen molar-refractivity contribution in [1.82, 2.24) is 39.0 Å². The van der Waals surface area contributed by atoms with E-state index in [2.05, 4.69) is 29.7 Å². The molecule has 7 rings (SSSR count).